The van der Waals surface area contributed by atoms with Gasteiger partial charge in [0.2, 0.25) is 10.0 Å². The van der Waals surface area contributed by atoms with Crippen molar-refractivity contribution in [2.75, 3.05) is 6.54 Å². The summed E-state index contributed by atoms with van der Waals surface area (Å²) in [4.78, 5) is 10.0. The van der Waals surface area contributed by atoms with E-state index in [0.717, 1.165) is 31.7 Å². The Hall–Kier alpha value is -1.47. The second kappa shape index (κ2) is 6.32. The molecule has 0 aromatic heterocycles. The molecule has 0 amide bonds. The van der Waals surface area contributed by atoms with Gasteiger partial charge in [-0.25, -0.2) is 13.1 Å². The van der Waals surface area contributed by atoms with Crippen LogP contribution < -0.4 is 4.72 Å². The van der Waals surface area contributed by atoms with Crippen LogP contribution in [0.2, 0.25) is 0 Å². The Bertz CT molecular complexity index is 580. The molecular weight excluding hydrogens is 280 g/mol. The van der Waals surface area contributed by atoms with Crippen molar-refractivity contribution < 1.29 is 13.3 Å². The van der Waals surface area contributed by atoms with Crippen LogP contribution in [0.5, 0.6) is 0 Å². The molecule has 1 aromatic rings. The molecule has 1 saturated carbocycles. The van der Waals surface area contributed by atoms with Gasteiger partial charge in [-0.3, -0.25) is 10.1 Å². The average molecular weight is 298 g/mol. The third-order valence-electron chi connectivity index (χ3n) is 3.63. The molecule has 1 fully saturated rings. The van der Waals surface area contributed by atoms with E-state index in [0.29, 0.717) is 12.5 Å². The van der Waals surface area contributed by atoms with Gasteiger partial charge in [-0.1, -0.05) is 25.3 Å². The number of nitrogens with zero attached hydrogens (tertiary/aromatic N) is 1. The zero-order valence-corrected chi connectivity index (χ0v) is 11.9. The van der Waals surface area contributed by atoms with Crippen LogP contribution in [0.4, 0.5) is 5.69 Å². The van der Waals surface area contributed by atoms with Crippen molar-refractivity contribution in [1.82, 2.24) is 4.72 Å². The second-order valence-corrected chi connectivity index (χ2v) is 6.88. The molecule has 0 saturated heterocycles. The molecule has 0 aliphatic heterocycles. The van der Waals surface area contributed by atoms with Crippen molar-refractivity contribution in [3.63, 3.8) is 0 Å². The maximum absolute atomic E-state index is 12.1. The van der Waals surface area contributed by atoms with Gasteiger partial charge in [-0.2, -0.15) is 0 Å². The Labute approximate surface area is 118 Å². The summed E-state index contributed by atoms with van der Waals surface area (Å²) < 4.78 is 26.8. The fraction of sp³-hybridized carbons (Fsp3) is 0.538. The highest BCUT2D eigenvalue weighted by Crippen LogP contribution is 2.23. The predicted molar refractivity (Wildman–Crippen MR) is 74.9 cm³/mol. The van der Waals surface area contributed by atoms with Gasteiger partial charge in [0.15, 0.2) is 0 Å². The minimum atomic E-state index is -3.67. The number of hydrogen-bond acceptors (Lipinski definition) is 4. The van der Waals surface area contributed by atoms with Crippen LogP contribution in [0.15, 0.2) is 29.2 Å². The van der Waals surface area contributed by atoms with Gasteiger partial charge in [-0.05, 0) is 24.8 Å². The first-order chi connectivity index (χ1) is 9.49. The number of sulfonamides is 1. The summed E-state index contributed by atoms with van der Waals surface area (Å²) in [5.41, 5.74) is -0.217. The van der Waals surface area contributed by atoms with Gasteiger partial charge in [0.1, 0.15) is 0 Å². The van der Waals surface area contributed by atoms with Gasteiger partial charge in [-0.15, -0.1) is 0 Å². The number of nitro groups is 1. The minimum absolute atomic E-state index is 0.0532. The first kappa shape index (κ1) is 14.9. The van der Waals surface area contributed by atoms with E-state index < -0.39 is 14.9 Å². The van der Waals surface area contributed by atoms with E-state index in [2.05, 4.69) is 4.72 Å². The molecule has 20 heavy (non-hydrogen) atoms. The second-order valence-electron chi connectivity index (χ2n) is 5.11. The number of nitrogens with one attached hydrogen (secondary N) is 1. The van der Waals surface area contributed by atoms with E-state index in [9.17, 15) is 18.5 Å². The minimum Gasteiger partial charge on any atom is -0.258 e. The van der Waals surface area contributed by atoms with Crippen molar-refractivity contribution in [1.29, 1.82) is 0 Å². The van der Waals surface area contributed by atoms with Crippen molar-refractivity contribution >= 4 is 15.7 Å². The number of rotatable bonds is 5. The highest BCUT2D eigenvalue weighted by atomic mass is 32.2. The first-order valence-electron chi connectivity index (χ1n) is 6.73. The molecular formula is C13H18N2O4S. The van der Waals surface area contributed by atoms with Gasteiger partial charge >= 0.3 is 0 Å². The first-order valence-corrected chi connectivity index (χ1v) is 8.21. The Balaban J connectivity index is 2.05. The Kier molecular flexibility index (Phi) is 4.72. The molecule has 7 heteroatoms. The maximum Gasteiger partial charge on any atom is 0.270 e. The highest BCUT2D eigenvalue weighted by molar-refractivity contribution is 7.89. The fourth-order valence-electron chi connectivity index (χ4n) is 2.47. The largest absolute Gasteiger partial charge is 0.270 e. The molecule has 1 N–H and O–H groups in total. The Morgan fingerprint density at radius 3 is 2.60 bits per heavy atom. The van der Waals surface area contributed by atoms with Gasteiger partial charge in [0, 0.05) is 18.7 Å². The summed E-state index contributed by atoms with van der Waals surface area (Å²) in [5.74, 6) is 0.372. The SMILES string of the molecule is O=[N+]([O-])c1cccc(S(=O)(=O)NCC2CCCCC2)c1. The standard InChI is InChI=1S/C13H18N2O4S/c16-15(17)12-7-4-8-13(9-12)20(18,19)14-10-11-5-2-1-3-6-11/h4,7-9,11,14H,1-3,5-6,10H2. The summed E-state index contributed by atoms with van der Waals surface area (Å²) in [6.07, 6.45) is 5.58. The lowest BCUT2D eigenvalue weighted by Gasteiger charge is -2.21. The monoisotopic (exact) mass is 298 g/mol. The van der Waals surface area contributed by atoms with Crippen LogP contribution in [-0.2, 0) is 10.0 Å². The summed E-state index contributed by atoms with van der Waals surface area (Å²) in [6.45, 7) is 0.408. The molecule has 1 aromatic carbocycles. The summed E-state index contributed by atoms with van der Waals surface area (Å²) in [7, 11) is -3.67. The Morgan fingerprint density at radius 2 is 1.95 bits per heavy atom. The molecule has 0 atom stereocenters. The third-order valence-corrected chi connectivity index (χ3v) is 5.05. The Morgan fingerprint density at radius 1 is 1.25 bits per heavy atom. The van der Waals surface area contributed by atoms with Crippen LogP contribution in [0, 0.1) is 16.0 Å². The number of non-ortho nitro benzene ring substituents is 1. The van der Waals surface area contributed by atoms with Gasteiger partial charge in [0.05, 0.1) is 9.82 Å². The van der Waals surface area contributed by atoms with E-state index in [1.807, 2.05) is 0 Å². The van der Waals surface area contributed by atoms with Crippen LogP contribution in [0.3, 0.4) is 0 Å². The van der Waals surface area contributed by atoms with Crippen LogP contribution >= 0.6 is 0 Å². The molecule has 1 aliphatic carbocycles. The van der Waals surface area contributed by atoms with E-state index in [1.165, 1.54) is 24.6 Å². The normalized spacial score (nSPS) is 17.0. The van der Waals surface area contributed by atoms with Crippen LogP contribution in [-0.4, -0.2) is 19.9 Å². The highest BCUT2D eigenvalue weighted by Gasteiger charge is 2.20. The third kappa shape index (κ3) is 3.77. The van der Waals surface area contributed by atoms with E-state index >= 15 is 0 Å². The number of benzene rings is 1. The van der Waals surface area contributed by atoms with Crippen molar-refractivity contribution in [2.24, 2.45) is 5.92 Å². The molecule has 110 valence electrons. The summed E-state index contributed by atoms with van der Waals surface area (Å²) in [6, 6.07) is 5.12. The van der Waals surface area contributed by atoms with Crippen LogP contribution in [0.25, 0.3) is 0 Å². The lowest BCUT2D eigenvalue weighted by Crippen LogP contribution is -2.30. The van der Waals surface area contributed by atoms with E-state index in [-0.39, 0.29) is 10.6 Å². The van der Waals surface area contributed by atoms with E-state index in [1.54, 1.807) is 0 Å². The van der Waals surface area contributed by atoms with Crippen molar-refractivity contribution in [3.05, 3.63) is 34.4 Å². The zero-order chi connectivity index (χ0) is 14.6. The average Bonchev–Trinajstić information content (AvgIpc) is 2.46. The summed E-state index contributed by atoms with van der Waals surface area (Å²) >= 11 is 0. The van der Waals surface area contributed by atoms with Crippen LogP contribution in [0.1, 0.15) is 32.1 Å². The van der Waals surface area contributed by atoms with Gasteiger partial charge in [0.25, 0.3) is 5.69 Å². The topological polar surface area (TPSA) is 89.3 Å². The smallest absolute Gasteiger partial charge is 0.258 e. The van der Waals surface area contributed by atoms with Gasteiger partial charge < -0.3 is 0 Å². The molecule has 1 aliphatic rings. The van der Waals surface area contributed by atoms with Crippen molar-refractivity contribution in [3.8, 4) is 0 Å². The lowest BCUT2D eigenvalue weighted by atomic mass is 9.90. The van der Waals surface area contributed by atoms with E-state index in [4.69, 9.17) is 0 Å². The van der Waals surface area contributed by atoms with Crippen molar-refractivity contribution in [2.45, 2.75) is 37.0 Å². The quantitative estimate of drug-likeness (QED) is 0.668. The molecule has 0 bridgehead atoms. The summed E-state index contributed by atoms with van der Waals surface area (Å²) in [5, 5.41) is 10.7. The molecule has 0 heterocycles. The lowest BCUT2D eigenvalue weighted by molar-refractivity contribution is -0.385. The molecule has 0 radical (unpaired) electrons. The maximum atomic E-state index is 12.1. The zero-order valence-electron chi connectivity index (χ0n) is 11.1. The number of hydrogen-bond donors (Lipinski definition) is 1. The molecule has 2 rings (SSSR count). The fourth-order valence-corrected chi connectivity index (χ4v) is 3.62. The molecule has 6 nitrogen and oxygen atoms in total. The predicted octanol–water partition coefficient (Wildman–Crippen LogP) is 2.45. The molecule has 0 spiro atoms. The number of nitro benzene ring substituents is 1. The molecule has 0 unspecified atom stereocenters.